The number of nitrogens with two attached hydrogens (primary N) is 1. The lowest BCUT2D eigenvalue weighted by molar-refractivity contribution is -0.745. The third-order valence-electron chi connectivity index (χ3n) is 6.59. The van der Waals surface area contributed by atoms with E-state index in [1.165, 1.54) is 15.5 Å². The summed E-state index contributed by atoms with van der Waals surface area (Å²) in [5.74, 6) is -0.263. The predicted octanol–water partition coefficient (Wildman–Crippen LogP) is 0.321. The second-order valence-corrected chi connectivity index (χ2v) is 14.5. The summed E-state index contributed by atoms with van der Waals surface area (Å²) in [6, 6.07) is 13.1. The van der Waals surface area contributed by atoms with E-state index in [2.05, 4.69) is 32.6 Å². The minimum absolute atomic E-state index is 0.0236. The lowest BCUT2D eigenvalue weighted by Gasteiger charge is -2.19. The molecular weight excluding hydrogens is 677 g/mol. The van der Waals surface area contributed by atoms with Gasteiger partial charge in [0.2, 0.25) is 11.7 Å². The number of anilines is 1. The first-order valence-electron chi connectivity index (χ1n) is 13.0. The largest absolute Gasteiger partial charge is 0.490 e. The number of aliphatic hydroxyl groups is 2. The number of pyridine rings is 1. The fourth-order valence-electron chi connectivity index (χ4n) is 4.57. The van der Waals surface area contributed by atoms with E-state index < -0.39 is 60.2 Å². The second kappa shape index (κ2) is 13.1. The van der Waals surface area contributed by atoms with Crippen LogP contribution < -0.4 is 15.9 Å². The lowest BCUT2D eigenvalue weighted by Crippen LogP contribution is -2.46. The molecule has 7 atom stereocenters. The molecule has 248 valence electrons. The molecule has 23 heteroatoms. The highest BCUT2D eigenvalue weighted by Gasteiger charge is 2.49. The summed E-state index contributed by atoms with van der Waals surface area (Å²) < 4.78 is 60.2. The minimum atomic E-state index is -5.68. The Hall–Kier alpha value is -3.19. The standard InChI is InChI=1S/C23H27N6O14P3/c1-39-44(33,34)42-46(37,38)43-45(35,36)40-11-16-18(30)19(31)22(41-16)29-12-28(17-20(29)26-23(24)27-21(17)32)10-13-7-8-15(25-9-13)14-5-3-2-4-6-14/h2-9,12,16,18-19,22,30-31H,10-11H2,1H3,(H5-,24,26,27,32,33,34,35,36,37,38)/p+1. The number of nitrogens with one attached hydrogen (secondary N) is 1. The van der Waals surface area contributed by atoms with Crippen LogP contribution in [0.25, 0.3) is 22.4 Å². The summed E-state index contributed by atoms with van der Waals surface area (Å²) >= 11 is 0. The number of aromatic nitrogens is 5. The van der Waals surface area contributed by atoms with E-state index in [1.54, 1.807) is 12.3 Å². The number of ether oxygens (including phenoxy) is 1. The smallest absolute Gasteiger partial charge is 0.387 e. The molecule has 1 aliphatic heterocycles. The van der Waals surface area contributed by atoms with Gasteiger partial charge in [-0.2, -0.15) is 8.62 Å². The number of hydrogen-bond donors (Lipinski definition) is 7. The van der Waals surface area contributed by atoms with Crippen LogP contribution in [-0.4, -0.2) is 76.4 Å². The summed E-state index contributed by atoms with van der Waals surface area (Å²) in [4.78, 5) is 52.5. The molecule has 0 aliphatic carbocycles. The molecule has 4 heterocycles. The van der Waals surface area contributed by atoms with Crippen molar-refractivity contribution in [2.24, 2.45) is 0 Å². The van der Waals surface area contributed by atoms with E-state index in [1.807, 2.05) is 36.4 Å². The molecule has 1 saturated heterocycles. The Morgan fingerprint density at radius 3 is 2.37 bits per heavy atom. The molecule has 7 unspecified atom stereocenters. The third kappa shape index (κ3) is 7.67. The van der Waals surface area contributed by atoms with E-state index in [0.717, 1.165) is 11.3 Å². The molecule has 0 amide bonds. The molecule has 1 aromatic carbocycles. The number of aromatic amines is 1. The maximum atomic E-state index is 13.0. The molecular formula is C23H28N6O14P3+. The number of phosphoric ester groups is 2. The Bertz CT molecular complexity index is 1920. The maximum absolute atomic E-state index is 13.0. The normalized spacial score (nSPS) is 24.0. The van der Waals surface area contributed by atoms with E-state index >= 15 is 0 Å². The highest BCUT2D eigenvalue weighted by atomic mass is 31.3. The minimum Gasteiger partial charge on any atom is -0.387 e. The molecule has 0 spiro atoms. The number of rotatable bonds is 12. The summed E-state index contributed by atoms with van der Waals surface area (Å²) in [6.07, 6.45) is -3.49. The molecule has 4 aromatic rings. The lowest BCUT2D eigenvalue weighted by atomic mass is 10.1. The first kappa shape index (κ1) is 34.2. The van der Waals surface area contributed by atoms with Gasteiger partial charge in [0.25, 0.3) is 11.5 Å². The summed E-state index contributed by atoms with van der Waals surface area (Å²) in [5, 5.41) is 21.5. The van der Waals surface area contributed by atoms with Gasteiger partial charge in [0, 0.05) is 24.4 Å². The number of nitrogen functional groups attached to an aromatic ring is 1. The Balaban J connectivity index is 1.36. The highest BCUT2D eigenvalue weighted by molar-refractivity contribution is 7.66. The predicted molar refractivity (Wildman–Crippen MR) is 154 cm³/mol. The Morgan fingerprint density at radius 2 is 1.72 bits per heavy atom. The summed E-state index contributed by atoms with van der Waals surface area (Å²) in [5.41, 5.74) is 7.44. The highest BCUT2D eigenvalue weighted by Crippen LogP contribution is 2.67. The number of imidazole rings is 1. The summed E-state index contributed by atoms with van der Waals surface area (Å²) in [7, 11) is -15.6. The van der Waals surface area contributed by atoms with Crippen LogP contribution in [0.15, 0.2) is 59.8 Å². The molecule has 1 aliphatic rings. The molecule has 3 aromatic heterocycles. The molecule has 0 radical (unpaired) electrons. The third-order valence-corrected chi connectivity index (χ3v) is 10.8. The van der Waals surface area contributed by atoms with Gasteiger partial charge >= 0.3 is 29.1 Å². The second-order valence-electron chi connectivity index (χ2n) is 9.79. The monoisotopic (exact) mass is 705 g/mol. The van der Waals surface area contributed by atoms with E-state index in [-0.39, 0.29) is 23.7 Å². The molecule has 5 rings (SSSR count). The van der Waals surface area contributed by atoms with Gasteiger partial charge in [0.05, 0.1) is 18.8 Å². The van der Waals surface area contributed by atoms with Crippen molar-refractivity contribution in [2.45, 2.75) is 31.1 Å². The number of phosphoric acid groups is 3. The molecule has 0 saturated carbocycles. The zero-order chi connectivity index (χ0) is 33.4. The van der Waals surface area contributed by atoms with Gasteiger partial charge in [-0.3, -0.25) is 28.4 Å². The van der Waals surface area contributed by atoms with Crippen LogP contribution >= 0.6 is 23.5 Å². The van der Waals surface area contributed by atoms with Crippen molar-refractivity contribution >= 4 is 40.6 Å². The van der Waals surface area contributed by atoms with Crippen LogP contribution in [0.5, 0.6) is 0 Å². The van der Waals surface area contributed by atoms with Crippen LogP contribution in [0.1, 0.15) is 11.8 Å². The average Bonchev–Trinajstić information content (AvgIpc) is 3.47. The van der Waals surface area contributed by atoms with E-state index in [0.29, 0.717) is 12.7 Å². The van der Waals surface area contributed by atoms with Gasteiger partial charge in [0.15, 0.2) is 6.33 Å². The fraction of sp³-hybridized carbons (Fsp3) is 0.304. The Kier molecular flexibility index (Phi) is 9.75. The molecule has 1 fully saturated rings. The Morgan fingerprint density at radius 1 is 1.02 bits per heavy atom. The van der Waals surface area contributed by atoms with E-state index in [9.17, 15) is 43.4 Å². The van der Waals surface area contributed by atoms with Crippen LogP contribution in [0.2, 0.25) is 0 Å². The fourth-order valence-corrected chi connectivity index (χ4v) is 7.84. The van der Waals surface area contributed by atoms with E-state index in [4.69, 9.17) is 10.5 Å². The van der Waals surface area contributed by atoms with Crippen LogP contribution in [-0.2, 0) is 42.6 Å². The molecule has 0 bridgehead atoms. The quantitative estimate of drug-likeness (QED) is 0.0771. The summed E-state index contributed by atoms with van der Waals surface area (Å²) in [6.45, 7) is -0.894. The van der Waals surface area contributed by atoms with Crippen LogP contribution in [0.4, 0.5) is 5.95 Å². The van der Waals surface area contributed by atoms with Gasteiger partial charge in [-0.1, -0.05) is 41.4 Å². The maximum Gasteiger partial charge on any atom is 0.490 e. The van der Waals surface area contributed by atoms with Crippen molar-refractivity contribution in [2.75, 3.05) is 19.5 Å². The number of aliphatic hydroxyl groups excluding tert-OH is 2. The SMILES string of the molecule is COP(=O)(O)OP(=O)(O)OP(=O)(O)OCC1OC([n+]2cn(Cc3ccc(-c4ccccc4)nc3)c3c(=O)[nH]c(N)nc32)C(O)C1O. The van der Waals surface area contributed by atoms with Gasteiger partial charge < -0.3 is 35.4 Å². The van der Waals surface area contributed by atoms with Crippen molar-refractivity contribution in [3.8, 4) is 11.3 Å². The zero-order valence-electron chi connectivity index (χ0n) is 23.5. The first-order chi connectivity index (χ1) is 21.6. The topological polar surface area (TPSA) is 292 Å². The number of nitrogens with zero attached hydrogens (tertiary/aromatic N) is 4. The van der Waals surface area contributed by atoms with Crippen molar-refractivity contribution < 1.29 is 65.6 Å². The molecule has 46 heavy (non-hydrogen) atoms. The van der Waals surface area contributed by atoms with Gasteiger partial charge in [-0.15, -0.1) is 0 Å². The zero-order valence-corrected chi connectivity index (χ0v) is 26.2. The number of H-pyrrole nitrogens is 1. The van der Waals surface area contributed by atoms with Gasteiger partial charge in [0.1, 0.15) is 18.3 Å². The molecule has 20 nitrogen and oxygen atoms in total. The number of hydrogen-bond acceptors (Lipinski definition) is 14. The van der Waals surface area contributed by atoms with Crippen molar-refractivity contribution in [3.05, 3.63) is 70.9 Å². The Labute approximate surface area is 258 Å². The van der Waals surface area contributed by atoms with Crippen molar-refractivity contribution in [1.29, 1.82) is 0 Å². The number of fused-ring (bicyclic) bond motifs is 1. The van der Waals surface area contributed by atoms with Crippen LogP contribution in [0.3, 0.4) is 0 Å². The van der Waals surface area contributed by atoms with Crippen LogP contribution in [0, 0.1) is 0 Å². The van der Waals surface area contributed by atoms with Crippen molar-refractivity contribution in [1.82, 2.24) is 19.5 Å². The first-order valence-corrected chi connectivity index (χ1v) is 17.5. The van der Waals surface area contributed by atoms with Gasteiger partial charge in [-0.25, -0.2) is 18.3 Å². The average molecular weight is 705 g/mol. The number of benzene rings is 1. The van der Waals surface area contributed by atoms with Gasteiger partial charge in [-0.05, 0) is 6.07 Å². The van der Waals surface area contributed by atoms with Crippen molar-refractivity contribution in [3.63, 3.8) is 0 Å². The molecule has 8 N–H and O–H groups in total.